The zero-order valence-corrected chi connectivity index (χ0v) is 51.7. The van der Waals surface area contributed by atoms with E-state index in [0.29, 0.717) is 29.1 Å². The second-order valence-corrected chi connectivity index (χ2v) is 30.5. The summed E-state index contributed by atoms with van der Waals surface area (Å²) in [6, 6.07) is 0. The van der Waals surface area contributed by atoms with Crippen molar-refractivity contribution in [2.45, 2.75) is 264 Å². The van der Waals surface area contributed by atoms with Crippen LogP contribution in [-0.4, -0.2) is 75.5 Å². The molecule has 9 saturated carbocycles. The number of carbonyl (C=O) groups is 4. The van der Waals surface area contributed by atoms with Crippen LogP contribution in [0.25, 0.3) is 0 Å². The largest absolute Gasteiger partial charge is 0.438 e. The van der Waals surface area contributed by atoms with Crippen molar-refractivity contribution in [3.8, 4) is 0 Å². The van der Waals surface area contributed by atoms with Crippen LogP contribution >= 0.6 is 0 Å². The van der Waals surface area contributed by atoms with E-state index in [1.54, 1.807) is 0 Å². The molecule has 12 rings (SSSR count). The summed E-state index contributed by atoms with van der Waals surface area (Å²) in [6.45, 7) is 32.9. The van der Waals surface area contributed by atoms with Gasteiger partial charge in [0.2, 0.25) is 18.9 Å². The number of fused-ring (bicyclic) bond motifs is 10. The predicted molar refractivity (Wildman–Crippen MR) is 301 cm³/mol. The van der Waals surface area contributed by atoms with Crippen LogP contribution in [-0.2, 0) is 57.1 Å². The van der Waals surface area contributed by atoms with Crippen LogP contribution in [0, 0.1) is 103 Å². The molecule has 12 heteroatoms. The smallest absolute Gasteiger partial charge is 0.313 e. The summed E-state index contributed by atoms with van der Waals surface area (Å²) in [5.74, 6) is 7.97. The van der Waals surface area contributed by atoms with E-state index < -0.39 is 16.2 Å². The highest BCUT2D eigenvalue weighted by Gasteiger charge is 2.64. The molecular formula is C66H110O12. The fourth-order valence-electron chi connectivity index (χ4n) is 16.9. The molecule has 12 nitrogen and oxygen atoms in total. The van der Waals surface area contributed by atoms with E-state index in [2.05, 4.69) is 20.8 Å². The molecule has 0 aromatic carbocycles. The molecule has 12 unspecified atom stereocenters. The third-order valence-corrected chi connectivity index (χ3v) is 24.1. The summed E-state index contributed by atoms with van der Waals surface area (Å²) in [5.41, 5.74) is -1.14. The molecular weight excluding hydrogens is 985 g/mol. The second kappa shape index (κ2) is 24.1. The molecule has 8 bridgehead atoms. The van der Waals surface area contributed by atoms with Crippen LogP contribution in [0.1, 0.15) is 239 Å². The van der Waals surface area contributed by atoms with E-state index >= 15 is 0 Å². The van der Waals surface area contributed by atoms with Gasteiger partial charge in [-0.2, -0.15) is 0 Å². The lowest BCUT2D eigenvalue weighted by atomic mass is 9.46. The third-order valence-electron chi connectivity index (χ3n) is 24.1. The molecule has 0 aromatic heterocycles. The molecule has 3 aliphatic heterocycles. The lowest BCUT2D eigenvalue weighted by molar-refractivity contribution is -0.204. The van der Waals surface area contributed by atoms with E-state index in [1.807, 2.05) is 83.1 Å². The van der Waals surface area contributed by atoms with Crippen LogP contribution in [0.5, 0.6) is 0 Å². The van der Waals surface area contributed by atoms with Crippen LogP contribution in [0.3, 0.4) is 0 Å². The van der Waals surface area contributed by atoms with Crippen molar-refractivity contribution in [3.63, 3.8) is 0 Å². The fourth-order valence-corrected chi connectivity index (χ4v) is 16.9. The Balaban J connectivity index is 0.000000138. The van der Waals surface area contributed by atoms with Gasteiger partial charge in [-0.25, -0.2) is 0 Å². The van der Waals surface area contributed by atoms with Crippen LogP contribution < -0.4 is 0 Å². The molecule has 3 heterocycles. The highest BCUT2D eigenvalue weighted by atomic mass is 16.7. The molecule has 12 fully saturated rings. The van der Waals surface area contributed by atoms with Gasteiger partial charge in [0, 0.05) is 16.7 Å². The zero-order chi connectivity index (χ0) is 56.8. The normalized spacial score (nSPS) is 39.2. The SMILES string of the molecule is CCC(C)(C)C(=O)OC1OC(C)CC12CCCCC2.CCC(C)(C)C(=O)OC1OCC2C3CCC(C3)C12.CCC(C)(C)C(=O)OC1OCC2C3CCC(C3)C12C.CCC(C)(C)C(=O)OCOCC1(C)C2CC3CC(C2)CC1C3. The highest BCUT2D eigenvalue weighted by Crippen LogP contribution is 2.65. The first-order valence-electron chi connectivity index (χ1n) is 31.9. The Morgan fingerprint density at radius 2 is 1.08 bits per heavy atom. The van der Waals surface area contributed by atoms with Crippen molar-refractivity contribution in [2.24, 2.45) is 103 Å². The van der Waals surface area contributed by atoms with E-state index in [9.17, 15) is 19.2 Å². The van der Waals surface area contributed by atoms with Crippen LogP contribution in [0.15, 0.2) is 0 Å². The lowest BCUT2D eigenvalue weighted by Gasteiger charge is -2.60. The van der Waals surface area contributed by atoms with E-state index in [0.717, 1.165) is 106 Å². The lowest BCUT2D eigenvalue weighted by Crippen LogP contribution is -2.53. The standard InChI is InChI=1S/C19H32O3.C16H26O3.C16H28O3.C15H24O3/c1-5-18(2,3)17(20)22-12-21-11-19(4)15-7-13-6-14(9-15)10-16(19)8-13;1-5-15(2,3)13(17)19-14-16(4)11-7-6-10(8-11)12(16)9-18-14;1-5-15(3,4)13(17)19-14-16(11-12(2)18-14)9-7-6-8-10-16;1-4-15(2,3)14(16)18-13-12-10-6-5-9(7-10)11(12)8-17-13/h13-16H,5-12H2,1-4H3;10-12,14H,5-9H2,1-4H3;12,14H,5-11H2,1-4H3;9-13H,4-8H2,1-3H3. The number of hydrogen-bond donors (Lipinski definition) is 0. The summed E-state index contributed by atoms with van der Waals surface area (Å²) in [6.07, 6.45) is 24.6. The van der Waals surface area contributed by atoms with Gasteiger partial charge in [-0.3, -0.25) is 19.2 Å². The van der Waals surface area contributed by atoms with E-state index in [1.165, 1.54) is 89.9 Å². The Kier molecular flexibility index (Phi) is 19.1. The van der Waals surface area contributed by atoms with Gasteiger partial charge < -0.3 is 37.9 Å². The minimum absolute atomic E-state index is 0.0718. The summed E-state index contributed by atoms with van der Waals surface area (Å²) in [7, 11) is 0. The zero-order valence-electron chi connectivity index (χ0n) is 51.7. The van der Waals surface area contributed by atoms with Crippen molar-refractivity contribution in [3.05, 3.63) is 0 Å². The molecule has 0 N–H and O–H groups in total. The first-order chi connectivity index (χ1) is 36.7. The van der Waals surface area contributed by atoms with Crippen molar-refractivity contribution >= 4 is 23.9 Å². The molecule has 12 aliphatic rings. The Morgan fingerprint density at radius 3 is 1.65 bits per heavy atom. The molecule has 0 amide bonds. The number of ether oxygens (including phenoxy) is 8. The van der Waals surface area contributed by atoms with Gasteiger partial charge in [-0.15, -0.1) is 0 Å². The molecule has 12 atom stereocenters. The summed E-state index contributed by atoms with van der Waals surface area (Å²) in [5, 5.41) is 0. The van der Waals surface area contributed by atoms with Gasteiger partial charge in [0.05, 0.1) is 47.6 Å². The maximum atomic E-state index is 12.3. The molecule has 0 aromatic rings. The summed E-state index contributed by atoms with van der Waals surface area (Å²) < 4.78 is 45.9. The van der Waals surface area contributed by atoms with E-state index in [4.69, 9.17) is 37.9 Å². The maximum Gasteiger partial charge on any atom is 0.313 e. The highest BCUT2D eigenvalue weighted by molar-refractivity contribution is 5.77. The van der Waals surface area contributed by atoms with Gasteiger partial charge in [-0.1, -0.05) is 60.8 Å². The first-order valence-corrected chi connectivity index (χ1v) is 31.9. The van der Waals surface area contributed by atoms with Crippen LogP contribution in [0.4, 0.5) is 0 Å². The van der Waals surface area contributed by atoms with Gasteiger partial charge in [0.25, 0.3) is 0 Å². The maximum absolute atomic E-state index is 12.3. The van der Waals surface area contributed by atoms with Gasteiger partial charge in [-0.05, 0) is 242 Å². The minimum Gasteiger partial charge on any atom is -0.438 e. The Bertz CT molecular complexity index is 2010. The minimum atomic E-state index is -0.412. The monoisotopic (exact) mass is 1090 g/mol. The average molecular weight is 1100 g/mol. The topological polar surface area (TPSA) is 142 Å². The van der Waals surface area contributed by atoms with Crippen molar-refractivity contribution in [1.29, 1.82) is 0 Å². The number of rotatable bonds is 15. The predicted octanol–water partition coefficient (Wildman–Crippen LogP) is 14.8. The quantitative estimate of drug-likeness (QED) is 0.0667. The number of carbonyl (C=O) groups excluding carboxylic acids is 4. The molecule has 0 radical (unpaired) electrons. The molecule has 1 spiro atoms. The molecule has 3 saturated heterocycles. The van der Waals surface area contributed by atoms with Gasteiger partial charge >= 0.3 is 23.9 Å². The Morgan fingerprint density at radius 1 is 0.551 bits per heavy atom. The number of hydrogen-bond acceptors (Lipinski definition) is 12. The molecule has 446 valence electrons. The van der Waals surface area contributed by atoms with Crippen molar-refractivity contribution < 1.29 is 57.1 Å². The Labute approximate surface area is 472 Å². The first kappa shape index (κ1) is 61.8. The molecule has 9 aliphatic carbocycles. The number of esters is 4. The Hall–Kier alpha value is -2.28. The van der Waals surface area contributed by atoms with Gasteiger partial charge in [0.1, 0.15) is 0 Å². The summed E-state index contributed by atoms with van der Waals surface area (Å²) >= 11 is 0. The van der Waals surface area contributed by atoms with E-state index in [-0.39, 0.29) is 71.9 Å². The third kappa shape index (κ3) is 12.5. The summed E-state index contributed by atoms with van der Waals surface area (Å²) in [4.78, 5) is 48.7. The fraction of sp³-hybridized carbons (Fsp3) is 0.939. The van der Waals surface area contributed by atoms with Gasteiger partial charge in [0.15, 0.2) is 6.79 Å². The van der Waals surface area contributed by atoms with Crippen molar-refractivity contribution in [2.75, 3.05) is 26.6 Å². The van der Waals surface area contributed by atoms with Crippen LogP contribution in [0.2, 0.25) is 0 Å². The molecule has 78 heavy (non-hydrogen) atoms. The average Bonchev–Trinajstić information content (AvgIpc) is 4.39. The second-order valence-electron chi connectivity index (χ2n) is 30.5. The van der Waals surface area contributed by atoms with Crippen molar-refractivity contribution in [1.82, 2.24) is 0 Å².